The highest BCUT2D eigenvalue weighted by Gasteiger charge is 2.18. The van der Waals surface area contributed by atoms with E-state index in [1.54, 1.807) is 0 Å². The van der Waals surface area contributed by atoms with Gasteiger partial charge in [-0.1, -0.05) is 0 Å². The minimum atomic E-state index is 0.841. The van der Waals surface area contributed by atoms with Gasteiger partial charge in [-0.2, -0.15) is 0 Å². The Morgan fingerprint density at radius 3 is 2.84 bits per heavy atom. The first-order valence-corrected chi connectivity index (χ1v) is 7.25. The first-order valence-electron chi connectivity index (χ1n) is 7.25. The molecule has 0 radical (unpaired) electrons. The van der Waals surface area contributed by atoms with Crippen LogP contribution in [0.4, 0.5) is 0 Å². The Kier molecular flexibility index (Phi) is 5.43. The van der Waals surface area contributed by atoms with Crippen molar-refractivity contribution < 1.29 is 4.42 Å². The first kappa shape index (κ1) is 14.6. The number of nitrogens with one attached hydrogen (secondary N) is 1. The first-order chi connectivity index (χ1) is 9.17. The van der Waals surface area contributed by atoms with Gasteiger partial charge in [0.2, 0.25) is 0 Å². The highest BCUT2D eigenvalue weighted by Crippen LogP contribution is 2.18. The zero-order valence-corrected chi connectivity index (χ0v) is 12.5. The van der Waals surface area contributed by atoms with E-state index in [1.807, 2.05) is 13.3 Å². The number of likely N-dealkylation sites (tertiary alicyclic amines) is 1. The van der Waals surface area contributed by atoms with Crippen LogP contribution >= 0.6 is 0 Å². The minimum Gasteiger partial charge on any atom is -0.468 e. The third kappa shape index (κ3) is 4.64. The second-order valence-electron chi connectivity index (χ2n) is 5.89. The van der Waals surface area contributed by atoms with Crippen LogP contribution in [0.3, 0.4) is 0 Å². The molecule has 0 aromatic carbocycles. The normalized spacial score (nSPS) is 18.3. The Morgan fingerprint density at radius 2 is 2.16 bits per heavy atom. The number of rotatable bonds is 6. The van der Waals surface area contributed by atoms with Crippen molar-refractivity contribution in [2.24, 2.45) is 5.92 Å². The summed E-state index contributed by atoms with van der Waals surface area (Å²) in [5.41, 5.74) is 1.23. The van der Waals surface area contributed by atoms with E-state index in [2.05, 4.69) is 35.3 Å². The van der Waals surface area contributed by atoms with Crippen LogP contribution in [0.5, 0.6) is 0 Å². The summed E-state index contributed by atoms with van der Waals surface area (Å²) in [7, 11) is 6.36. The maximum atomic E-state index is 5.60. The maximum Gasteiger partial charge on any atom is 0.118 e. The van der Waals surface area contributed by atoms with Gasteiger partial charge in [-0.3, -0.25) is 4.90 Å². The van der Waals surface area contributed by atoms with E-state index in [9.17, 15) is 0 Å². The predicted molar refractivity (Wildman–Crippen MR) is 78.0 cm³/mol. The topological polar surface area (TPSA) is 31.7 Å². The van der Waals surface area contributed by atoms with Crippen LogP contribution in [0.15, 0.2) is 16.7 Å². The number of hydrogen-bond donors (Lipinski definition) is 1. The summed E-state index contributed by atoms with van der Waals surface area (Å²) in [6, 6.07) is 2.15. The summed E-state index contributed by atoms with van der Waals surface area (Å²) >= 11 is 0. The van der Waals surface area contributed by atoms with Crippen LogP contribution in [0.25, 0.3) is 0 Å². The fourth-order valence-electron chi connectivity index (χ4n) is 2.82. The van der Waals surface area contributed by atoms with Crippen molar-refractivity contribution in [3.05, 3.63) is 23.7 Å². The zero-order valence-electron chi connectivity index (χ0n) is 12.5. The molecule has 1 aliphatic rings. The van der Waals surface area contributed by atoms with Gasteiger partial charge in [-0.05, 0) is 59.1 Å². The Labute approximate surface area is 116 Å². The quantitative estimate of drug-likeness (QED) is 0.849. The van der Waals surface area contributed by atoms with Crippen molar-refractivity contribution in [2.75, 3.05) is 40.8 Å². The van der Waals surface area contributed by atoms with Crippen LogP contribution in [0.1, 0.15) is 24.2 Å². The lowest BCUT2D eigenvalue weighted by Crippen LogP contribution is -2.35. The summed E-state index contributed by atoms with van der Waals surface area (Å²) in [6.07, 6.45) is 4.50. The molecule has 19 heavy (non-hydrogen) atoms. The van der Waals surface area contributed by atoms with Gasteiger partial charge in [0.25, 0.3) is 0 Å². The highest BCUT2D eigenvalue weighted by molar-refractivity contribution is 5.12. The summed E-state index contributed by atoms with van der Waals surface area (Å²) in [6.45, 7) is 5.45. The van der Waals surface area contributed by atoms with E-state index < -0.39 is 0 Å². The van der Waals surface area contributed by atoms with Crippen LogP contribution in [0, 0.1) is 5.92 Å². The molecule has 1 aliphatic heterocycles. The summed E-state index contributed by atoms with van der Waals surface area (Å²) in [5, 5.41) is 3.14. The highest BCUT2D eigenvalue weighted by atomic mass is 16.3. The van der Waals surface area contributed by atoms with E-state index in [0.717, 1.165) is 24.8 Å². The average Bonchev–Trinajstić information content (AvgIpc) is 2.80. The molecule has 1 aromatic rings. The third-order valence-electron chi connectivity index (χ3n) is 3.92. The van der Waals surface area contributed by atoms with Gasteiger partial charge in [-0.15, -0.1) is 0 Å². The Balaban J connectivity index is 1.75. The number of piperidine rings is 1. The molecule has 1 saturated heterocycles. The molecular weight excluding hydrogens is 238 g/mol. The van der Waals surface area contributed by atoms with E-state index >= 15 is 0 Å². The van der Waals surface area contributed by atoms with Crippen LogP contribution in [-0.2, 0) is 13.1 Å². The largest absolute Gasteiger partial charge is 0.468 e. The van der Waals surface area contributed by atoms with Gasteiger partial charge in [0.1, 0.15) is 5.76 Å². The fraction of sp³-hybridized carbons (Fsp3) is 0.733. The van der Waals surface area contributed by atoms with Crippen molar-refractivity contribution in [3.8, 4) is 0 Å². The maximum absolute atomic E-state index is 5.60. The molecule has 2 heterocycles. The van der Waals surface area contributed by atoms with Crippen molar-refractivity contribution in [3.63, 3.8) is 0 Å². The van der Waals surface area contributed by atoms with Crippen molar-refractivity contribution in [1.82, 2.24) is 15.1 Å². The Hall–Kier alpha value is -0.840. The van der Waals surface area contributed by atoms with E-state index in [1.165, 1.54) is 38.0 Å². The molecule has 4 nitrogen and oxygen atoms in total. The second-order valence-corrected chi connectivity index (χ2v) is 5.89. The molecule has 1 aromatic heterocycles. The lowest BCUT2D eigenvalue weighted by Gasteiger charge is -2.31. The van der Waals surface area contributed by atoms with Crippen LogP contribution in [0.2, 0.25) is 0 Å². The van der Waals surface area contributed by atoms with Gasteiger partial charge < -0.3 is 14.6 Å². The molecule has 1 fully saturated rings. The van der Waals surface area contributed by atoms with Gasteiger partial charge in [0.15, 0.2) is 0 Å². The summed E-state index contributed by atoms with van der Waals surface area (Å²) in [4.78, 5) is 4.81. The van der Waals surface area contributed by atoms with Gasteiger partial charge >= 0.3 is 0 Å². The molecule has 0 atom stereocenters. The average molecular weight is 265 g/mol. The Bertz CT molecular complexity index is 369. The second kappa shape index (κ2) is 7.08. The molecule has 2 rings (SSSR count). The number of nitrogens with zero attached hydrogens (tertiary/aromatic N) is 2. The van der Waals surface area contributed by atoms with Gasteiger partial charge in [0, 0.05) is 18.7 Å². The van der Waals surface area contributed by atoms with Crippen molar-refractivity contribution >= 4 is 0 Å². The smallest absolute Gasteiger partial charge is 0.118 e. The third-order valence-corrected chi connectivity index (χ3v) is 3.92. The molecular formula is C15H27N3O. The molecule has 1 N–H and O–H groups in total. The summed E-state index contributed by atoms with van der Waals surface area (Å²) < 4.78 is 5.60. The standard InChI is InChI=1S/C15H27N3O/c1-16-9-14-8-15(19-12-14)11-18(3)10-13-4-6-17(2)7-5-13/h8,12-13,16H,4-7,9-11H2,1-3H3. The molecule has 4 heteroatoms. The minimum absolute atomic E-state index is 0.841. The van der Waals surface area contributed by atoms with Crippen LogP contribution in [-0.4, -0.2) is 50.6 Å². The molecule has 0 bridgehead atoms. The van der Waals surface area contributed by atoms with Crippen molar-refractivity contribution in [1.29, 1.82) is 0 Å². The molecule has 108 valence electrons. The van der Waals surface area contributed by atoms with E-state index in [-0.39, 0.29) is 0 Å². The summed E-state index contributed by atoms with van der Waals surface area (Å²) in [5.74, 6) is 1.91. The monoisotopic (exact) mass is 265 g/mol. The zero-order chi connectivity index (χ0) is 13.7. The fourth-order valence-corrected chi connectivity index (χ4v) is 2.82. The molecule has 0 unspecified atom stereocenters. The lowest BCUT2D eigenvalue weighted by molar-refractivity contribution is 0.168. The SMILES string of the molecule is CNCc1coc(CN(C)CC2CCN(C)CC2)c1. The molecule has 0 amide bonds. The van der Waals surface area contributed by atoms with Crippen LogP contribution < -0.4 is 5.32 Å². The Morgan fingerprint density at radius 1 is 1.42 bits per heavy atom. The van der Waals surface area contributed by atoms with E-state index in [4.69, 9.17) is 4.42 Å². The molecule has 0 saturated carbocycles. The van der Waals surface area contributed by atoms with Gasteiger partial charge in [0.05, 0.1) is 12.8 Å². The number of furan rings is 1. The lowest BCUT2D eigenvalue weighted by atomic mass is 9.97. The van der Waals surface area contributed by atoms with E-state index in [0.29, 0.717) is 0 Å². The van der Waals surface area contributed by atoms with Crippen molar-refractivity contribution in [2.45, 2.75) is 25.9 Å². The molecule has 0 spiro atoms. The number of hydrogen-bond acceptors (Lipinski definition) is 4. The van der Waals surface area contributed by atoms with Gasteiger partial charge in [-0.25, -0.2) is 0 Å². The molecule has 0 aliphatic carbocycles. The predicted octanol–water partition coefficient (Wildman–Crippen LogP) is 1.77.